The Kier molecular flexibility index (Phi) is 2.11. The van der Waals surface area contributed by atoms with Crippen LogP contribution in [-0.4, -0.2) is 0 Å². The number of nitrogens with two attached hydrogens (primary N) is 2. The van der Waals surface area contributed by atoms with Crippen LogP contribution in [0, 0.1) is 0 Å². The number of nitrogen functional groups attached to an aromatic ring is 2. The second-order valence-corrected chi connectivity index (χ2v) is 6.27. The van der Waals surface area contributed by atoms with Crippen molar-refractivity contribution in [2.45, 2.75) is 11.8 Å². The monoisotopic (exact) mass is 284 g/mol. The summed E-state index contributed by atoms with van der Waals surface area (Å²) < 4.78 is 0. The maximum Gasteiger partial charge on any atom is 0.0350 e. The van der Waals surface area contributed by atoms with Gasteiger partial charge in [0.2, 0.25) is 0 Å². The maximum atomic E-state index is 6.06. The van der Waals surface area contributed by atoms with Gasteiger partial charge >= 0.3 is 0 Å². The molecular formula is C20H16N2. The van der Waals surface area contributed by atoms with Crippen molar-refractivity contribution >= 4 is 11.4 Å². The van der Waals surface area contributed by atoms with Gasteiger partial charge in [0, 0.05) is 23.2 Å². The zero-order valence-electron chi connectivity index (χ0n) is 12.1. The van der Waals surface area contributed by atoms with E-state index < -0.39 is 0 Å². The molecule has 0 heterocycles. The van der Waals surface area contributed by atoms with Crippen LogP contribution in [0.5, 0.6) is 0 Å². The maximum absolute atomic E-state index is 6.06. The van der Waals surface area contributed by atoms with Crippen LogP contribution in [0.4, 0.5) is 11.4 Å². The van der Waals surface area contributed by atoms with E-state index in [0.29, 0.717) is 0 Å². The lowest BCUT2D eigenvalue weighted by molar-refractivity contribution is 0.755. The quantitative estimate of drug-likeness (QED) is 0.424. The summed E-state index contributed by atoms with van der Waals surface area (Å²) in [6, 6.07) is 21.4. The third-order valence-electron chi connectivity index (χ3n) is 5.08. The van der Waals surface area contributed by atoms with Crippen molar-refractivity contribution in [3.05, 3.63) is 94.0 Å². The van der Waals surface area contributed by atoms with Crippen molar-refractivity contribution < 1.29 is 0 Å². The summed E-state index contributed by atoms with van der Waals surface area (Å²) in [4.78, 5) is 0. The lowest BCUT2D eigenvalue weighted by atomic mass is 9.61. The fourth-order valence-electron chi connectivity index (χ4n) is 4.25. The molecule has 3 aromatic carbocycles. The molecular weight excluding hydrogens is 268 g/mol. The number of benzene rings is 3. The van der Waals surface area contributed by atoms with E-state index in [1.54, 1.807) is 0 Å². The molecule has 3 aromatic rings. The molecule has 0 spiro atoms. The Morgan fingerprint density at radius 3 is 1.36 bits per heavy atom. The molecule has 6 rings (SSSR count). The van der Waals surface area contributed by atoms with Gasteiger partial charge in [-0.15, -0.1) is 0 Å². The molecule has 0 saturated heterocycles. The normalized spacial score (nSPS) is 20.2. The second kappa shape index (κ2) is 3.92. The zero-order chi connectivity index (χ0) is 14.8. The van der Waals surface area contributed by atoms with E-state index in [-0.39, 0.29) is 11.8 Å². The van der Waals surface area contributed by atoms with Crippen LogP contribution in [-0.2, 0) is 0 Å². The lowest BCUT2D eigenvalue weighted by Gasteiger charge is -2.42. The van der Waals surface area contributed by atoms with Crippen LogP contribution < -0.4 is 11.5 Å². The molecule has 0 fully saturated rings. The van der Waals surface area contributed by atoms with Crippen LogP contribution in [0.3, 0.4) is 0 Å². The molecule has 2 heteroatoms. The Bertz CT molecular complexity index is 850. The minimum absolute atomic E-state index is 0.273. The molecule has 2 bridgehead atoms. The standard InChI is InChI=1S/C20H16N2/c21-11-6-8-16-17(9-11)19-13-3-1-2-4-14(13)20(16)18-10-12(22)5-7-15(18)19/h1-10,19-20H,21-22H2/t19-,20?/m0/s1. The van der Waals surface area contributed by atoms with Gasteiger partial charge in [0.15, 0.2) is 0 Å². The Balaban J connectivity index is 1.90. The van der Waals surface area contributed by atoms with Crippen LogP contribution >= 0.6 is 0 Å². The Hall–Kier alpha value is -2.74. The molecule has 0 radical (unpaired) electrons. The first-order chi connectivity index (χ1) is 10.7. The Labute approximate surface area is 129 Å². The molecule has 0 aliphatic heterocycles. The molecule has 3 aliphatic carbocycles. The number of anilines is 2. The van der Waals surface area contributed by atoms with Gasteiger partial charge < -0.3 is 11.5 Å². The largest absolute Gasteiger partial charge is 0.399 e. The highest BCUT2D eigenvalue weighted by Crippen LogP contribution is 2.56. The summed E-state index contributed by atoms with van der Waals surface area (Å²) in [6.45, 7) is 0. The smallest absolute Gasteiger partial charge is 0.0350 e. The minimum atomic E-state index is 0.273. The molecule has 1 unspecified atom stereocenters. The van der Waals surface area contributed by atoms with Gasteiger partial charge in [-0.1, -0.05) is 36.4 Å². The second-order valence-electron chi connectivity index (χ2n) is 6.27. The third-order valence-corrected chi connectivity index (χ3v) is 5.08. The van der Waals surface area contributed by atoms with E-state index in [2.05, 4.69) is 48.5 Å². The van der Waals surface area contributed by atoms with E-state index in [1.165, 1.54) is 33.4 Å². The van der Waals surface area contributed by atoms with Crippen LogP contribution in [0.2, 0.25) is 0 Å². The summed E-state index contributed by atoms with van der Waals surface area (Å²) in [5.41, 5.74) is 22.0. The Morgan fingerprint density at radius 2 is 0.909 bits per heavy atom. The van der Waals surface area contributed by atoms with E-state index >= 15 is 0 Å². The molecule has 4 N–H and O–H groups in total. The summed E-state index contributed by atoms with van der Waals surface area (Å²) in [5, 5.41) is 0. The molecule has 2 nitrogen and oxygen atoms in total. The summed E-state index contributed by atoms with van der Waals surface area (Å²) >= 11 is 0. The fourth-order valence-corrected chi connectivity index (χ4v) is 4.25. The van der Waals surface area contributed by atoms with Gasteiger partial charge in [-0.3, -0.25) is 0 Å². The topological polar surface area (TPSA) is 52.0 Å². The first-order valence-electron chi connectivity index (χ1n) is 7.61. The predicted octanol–water partition coefficient (Wildman–Crippen LogP) is 3.84. The molecule has 106 valence electrons. The van der Waals surface area contributed by atoms with E-state index in [0.717, 1.165) is 11.4 Å². The van der Waals surface area contributed by atoms with Gasteiger partial charge in [0.1, 0.15) is 0 Å². The van der Waals surface area contributed by atoms with Crippen molar-refractivity contribution in [3.63, 3.8) is 0 Å². The van der Waals surface area contributed by atoms with Crippen LogP contribution in [0.1, 0.15) is 45.2 Å². The molecule has 0 amide bonds. The summed E-state index contributed by atoms with van der Waals surface area (Å²) in [5.74, 6) is 0.547. The average Bonchev–Trinajstić information content (AvgIpc) is 2.54. The van der Waals surface area contributed by atoms with Crippen molar-refractivity contribution in [1.29, 1.82) is 0 Å². The van der Waals surface area contributed by atoms with Gasteiger partial charge in [0.05, 0.1) is 0 Å². The summed E-state index contributed by atoms with van der Waals surface area (Å²) in [7, 11) is 0. The van der Waals surface area contributed by atoms with E-state index in [9.17, 15) is 0 Å². The van der Waals surface area contributed by atoms with Gasteiger partial charge in [0.25, 0.3) is 0 Å². The molecule has 0 aromatic heterocycles. The van der Waals surface area contributed by atoms with Gasteiger partial charge in [-0.25, -0.2) is 0 Å². The average molecular weight is 284 g/mol. The SMILES string of the molecule is Nc1ccc2c(c1)C1c3ccccc3[C@@H]2c2cc(N)ccc21. The number of rotatable bonds is 0. The molecule has 0 saturated carbocycles. The Morgan fingerprint density at radius 1 is 0.500 bits per heavy atom. The van der Waals surface area contributed by atoms with Crippen molar-refractivity contribution in [2.75, 3.05) is 11.5 Å². The fraction of sp³-hybridized carbons (Fsp3) is 0.100. The van der Waals surface area contributed by atoms with Crippen LogP contribution in [0.15, 0.2) is 60.7 Å². The first-order valence-corrected chi connectivity index (χ1v) is 7.61. The van der Waals surface area contributed by atoms with Gasteiger partial charge in [-0.2, -0.15) is 0 Å². The molecule has 3 aliphatic rings. The van der Waals surface area contributed by atoms with Crippen molar-refractivity contribution in [2.24, 2.45) is 0 Å². The summed E-state index contributed by atoms with van der Waals surface area (Å²) in [6.07, 6.45) is 0. The lowest BCUT2D eigenvalue weighted by Crippen LogP contribution is -2.27. The highest BCUT2D eigenvalue weighted by Gasteiger charge is 2.40. The highest BCUT2D eigenvalue weighted by molar-refractivity contribution is 5.71. The predicted molar refractivity (Wildman–Crippen MR) is 90.0 cm³/mol. The first kappa shape index (κ1) is 11.9. The van der Waals surface area contributed by atoms with Crippen molar-refractivity contribution in [3.8, 4) is 0 Å². The minimum Gasteiger partial charge on any atom is -0.399 e. The number of hydrogen-bond acceptors (Lipinski definition) is 2. The molecule has 2 atom stereocenters. The van der Waals surface area contributed by atoms with Gasteiger partial charge in [-0.05, 0) is 57.6 Å². The highest BCUT2D eigenvalue weighted by atomic mass is 14.6. The van der Waals surface area contributed by atoms with E-state index in [4.69, 9.17) is 11.5 Å². The van der Waals surface area contributed by atoms with E-state index in [1.807, 2.05) is 12.1 Å². The zero-order valence-corrected chi connectivity index (χ0v) is 12.1. The van der Waals surface area contributed by atoms with Crippen LogP contribution in [0.25, 0.3) is 0 Å². The number of hydrogen-bond donors (Lipinski definition) is 2. The molecule has 22 heavy (non-hydrogen) atoms. The van der Waals surface area contributed by atoms with Crippen molar-refractivity contribution in [1.82, 2.24) is 0 Å². The third kappa shape index (κ3) is 1.34.